The molecule has 2 saturated heterocycles. The molecule has 2 atom stereocenters. The van der Waals surface area contributed by atoms with Gasteiger partial charge in [-0.3, -0.25) is 9.59 Å². The molecule has 2 aromatic rings. The number of hydrogen-bond acceptors (Lipinski definition) is 4. The van der Waals surface area contributed by atoms with Gasteiger partial charge < -0.3 is 20.0 Å². The predicted molar refractivity (Wildman–Crippen MR) is 94.5 cm³/mol. The second-order valence-electron chi connectivity index (χ2n) is 6.78. The molecule has 1 aromatic carbocycles. The van der Waals surface area contributed by atoms with E-state index in [1.807, 2.05) is 4.90 Å². The first-order valence-corrected chi connectivity index (χ1v) is 8.94. The van der Waals surface area contributed by atoms with Gasteiger partial charge in [0, 0.05) is 42.5 Å². The van der Waals surface area contributed by atoms with Gasteiger partial charge in [0.25, 0.3) is 5.91 Å². The highest BCUT2D eigenvalue weighted by atomic mass is 35.5. The molecule has 0 aliphatic carbocycles. The molecule has 2 fully saturated rings. The Bertz CT molecular complexity index is 834. The Kier molecular flexibility index (Phi) is 4.17. The van der Waals surface area contributed by atoms with Crippen molar-refractivity contribution in [3.8, 4) is 0 Å². The highest BCUT2D eigenvalue weighted by Crippen LogP contribution is 2.26. The number of piperidine rings is 1. The summed E-state index contributed by atoms with van der Waals surface area (Å²) in [4.78, 5) is 28.5. The Labute approximate surface area is 150 Å². The second-order valence-corrected chi connectivity index (χ2v) is 7.21. The van der Waals surface area contributed by atoms with E-state index in [0.29, 0.717) is 30.1 Å². The van der Waals surface area contributed by atoms with Crippen molar-refractivity contribution in [2.75, 3.05) is 19.6 Å². The zero-order valence-electron chi connectivity index (χ0n) is 13.8. The minimum atomic E-state index is -0.232. The summed E-state index contributed by atoms with van der Waals surface area (Å²) < 4.78 is 5.66. The molecular formula is C18H20ClN3O3. The summed E-state index contributed by atoms with van der Waals surface area (Å²) in [6.07, 6.45) is 2.50. The van der Waals surface area contributed by atoms with E-state index in [9.17, 15) is 9.59 Å². The molecule has 2 aliphatic heterocycles. The average Bonchev–Trinajstić information content (AvgIpc) is 3.18. The molecule has 7 heteroatoms. The van der Waals surface area contributed by atoms with Gasteiger partial charge in [-0.2, -0.15) is 0 Å². The largest absolute Gasteiger partial charge is 0.451 e. The number of nitrogens with two attached hydrogens (primary N) is 1. The summed E-state index contributed by atoms with van der Waals surface area (Å²) in [6.45, 7) is 1.59. The Morgan fingerprint density at radius 3 is 2.88 bits per heavy atom. The van der Waals surface area contributed by atoms with Gasteiger partial charge in [0.15, 0.2) is 5.76 Å². The van der Waals surface area contributed by atoms with Gasteiger partial charge in [-0.05, 0) is 37.1 Å². The molecule has 0 unspecified atom stereocenters. The number of carbonyl (C=O) groups excluding carboxylic acids is 2. The molecule has 2 N–H and O–H groups in total. The first-order chi connectivity index (χ1) is 12.0. The van der Waals surface area contributed by atoms with E-state index >= 15 is 0 Å². The van der Waals surface area contributed by atoms with Crippen LogP contribution in [0.5, 0.6) is 0 Å². The Morgan fingerprint density at radius 1 is 1.24 bits per heavy atom. The maximum atomic E-state index is 12.8. The molecule has 2 aliphatic rings. The third-order valence-corrected chi connectivity index (χ3v) is 5.30. The number of carbonyl (C=O) groups is 2. The number of benzene rings is 1. The lowest BCUT2D eigenvalue weighted by Gasteiger charge is -2.34. The van der Waals surface area contributed by atoms with Crippen LogP contribution in [0.4, 0.5) is 0 Å². The summed E-state index contributed by atoms with van der Waals surface area (Å²) in [7, 11) is 0. The minimum Gasteiger partial charge on any atom is -0.451 e. The molecule has 4 rings (SSSR count). The fourth-order valence-corrected chi connectivity index (χ4v) is 3.94. The SMILES string of the molecule is N[C@@H]1CN(C(=O)c2cc3cc(Cl)ccc3o2)C[C@@H]1N1CCCCC1=O. The topological polar surface area (TPSA) is 79.8 Å². The molecule has 25 heavy (non-hydrogen) atoms. The van der Waals surface area contributed by atoms with Crippen LogP contribution in [0.3, 0.4) is 0 Å². The lowest BCUT2D eigenvalue weighted by Crippen LogP contribution is -2.51. The van der Waals surface area contributed by atoms with E-state index in [4.69, 9.17) is 21.8 Å². The van der Waals surface area contributed by atoms with Crippen LogP contribution in [0, 0.1) is 0 Å². The van der Waals surface area contributed by atoms with Crippen LogP contribution in [-0.4, -0.2) is 53.3 Å². The fraction of sp³-hybridized carbons (Fsp3) is 0.444. The summed E-state index contributed by atoms with van der Waals surface area (Å²) in [5.41, 5.74) is 6.86. The van der Waals surface area contributed by atoms with Crippen LogP contribution in [0.1, 0.15) is 29.8 Å². The molecule has 0 radical (unpaired) electrons. The van der Waals surface area contributed by atoms with Crippen molar-refractivity contribution in [2.24, 2.45) is 5.73 Å². The Hall–Kier alpha value is -2.05. The Morgan fingerprint density at radius 2 is 2.08 bits per heavy atom. The highest BCUT2D eigenvalue weighted by molar-refractivity contribution is 6.31. The van der Waals surface area contributed by atoms with Crippen LogP contribution in [-0.2, 0) is 4.79 Å². The molecule has 0 bridgehead atoms. The molecule has 0 saturated carbocycles. The average molecular weight is 362 g/mol. The first-order valence-electron chi connectivity index (χ1n) is 8.56. The van der Waals surface area contributed by atoms with Crippen molar-refractivity contribution in [2.45, 2.75) is 31.3 Å². The number of likely N-dealkylation sites (tertiary alicyclic amines) is 2. The van der Waals surface area contributed by atoms with Gasteiger partial charge >= 0.3 is 0 Å². The number of halogens is 1. The van der Waals surface area contributed by atoms with Crippen LogP contribution in [0.2, 0.25) is 5.02 Å². The number of fused-ring (bicyclic) bond motifs is 1. The van der Waals surface area contributed by atoms with Crippen LogP contribution < -0.4 is 5.73 Å². The number of rotatable bonds is 2. The monoisotopic (exact) mass is 361 g/mol. The number of amides is 2. The maximum Gasteiger partial charge on any atom is 0.289 e. The summed E-state index contributed by atoms with van der Waals surface area (Å²) in [5.74, 6) is 0.212. The molecule has 2 amide bonds. The van der Waals surface area contributed by atoms with Crippen LogP contribution in [0.15, 0.2) is 28.7 Å². The summed E-state index contributed by atoms with van der Waals surface area (Å²) >= 11 is 5.98. The van der Waals surface area contributed by atoms with Crippen molar-refractivity contribution in [1.82, 2.24) is 9.80 Å². The first kappa shape index (κ1) is 16.4. The van der Waals surface area contributed by atoms with Gasteiger partial charge in [-0.1, -0.05) is 11.6 Å². The normalized spacial score (nSPS) is 24.3. The van der Waals surface area contributed by atoms with E-state index in [0.717, 1.165) is 24.8 Å². The number of furan rings is 1. The van der Waals surface area contributed by atoms with E-state index in [2.05, 4.69) is 0 Å². The standard InChI is InChI=1S/C18H20ClN3O3/c19-12-4-5-15-11(7-12)8-16(25-15)18(24)21-9-13(20)14(10-21)22-6-2-1-3-17(22)23/h4-5,7-8,13-14H,1-3,6,9-10,20H2/t13-,14+/m1/s1. The molecule has 0 spiro atoms. The zero-order valence-corrected chi connectivity index (χ0v) is 14.5. The van der Waals surface area contributed by atoms with Gasteiger partial charge in [-0.25, -0.2) is 0 Å². The fourth-order valence-electron chi connectivity index (χ4n) is 3.76. The van der Waals surface area contributed by atoms with Gasteiger partial charge in [0.05, 0.1) is 6.04 Å². The lowest BCUT2D eigenvalue weighted by molar-refractivity contribution is -0.135. The molecule has 6 nitrogen and oxygen atoms in total. The Balaban J connectivity index is 1.53. The highest BCUT2D eigenvalue weighted by Gasteiger charge is 2.40. The van der Waals surface area contributed by atoms with Gasteiger partial charge in [-0.15, -0.1) is 0 Å². The van der Waals surface area contributed by atoms with Crippen molar-refractivity contribution in [3.63, 3.8) is 0 Å². The summed E-state index contributed by atoms with van der Waals surface area (Å²) in [6, 6.07) is 6.60. The third-order valence-electron chi connectivity index (χ3n) is 5.07. The summed E-state index contributed by atoms with van der Waals surface area (Å²) in [5, 5.41) is 1.39. The predicted octanol–water partition coefficient (Wildman–Crippen LogP) is 2.25. The van der Waals surface area contributed by atoms with Crippen molar-refractivity contribution >= 4 is 34.4 Å². The van der Waals surface area contributed by atoms with Crippen LogP contribution in [0.25, 0.3) is 11.0 Å². The van der Waals surface area contributed by atoms with Crippen molar-refractivity contribution in [3.05, 3.63) is 35.0 Å². The minimum absolute atomic E-state index is 0.115. The third kappa shape index (κ3) is 3.00. The van der Waals surface area contributed by atoms with Gasteiger partial charge in [0.2, 0.25) is 5.91 Å². The molecular weight excluding hydrogens is 342 g/mol. The molecule has 3 heterocycles. The van der Waals surface area contributed by atoms with E-state index in [1.165, 1.54) is 0 Å². The van der Waals surface area contributed by atoms with Crippen molar-refractivity contribution < 1.29 is 14.0 Å². The number of hydrogen-bond donors (Lipinski definition) is 1. The van der Waals surface area contributed by atoms with Crippen LogP contribution >= 0.6 is 11.6 Å². The lowest BCUT2D eigenvalue weighted by atomic mass is 10.1. The van der Waals surface area contributed by atoms with E-state index in [1.54, 1.807) is 29.2 Å². The van der Waals surface area contributed by atoms with Gasteiger partial charge in [0.1, 0.15) is 5.58 Å². The quantitative estimate of drug-likeness (QED) is 0.889. The van der Waals surface area contributed by atoms with Crippen molar-refractivity contribution in [1.29, 1.82) is 0 Å². The zero-order chi connectivity index (χ0) is 17.6. The molecule has 1 aromatic heterocycles. The van der Waals surface area contributed by atoms with E-state index < -0.39 is 0 Å². The maximum absolute atomic E-state index is 12.8. The smallest absolute Gasteiger partial charge is 0.289 e. The molecule has 132 valence electrons. The number of nitrogens with zero attached hydrogens (tertiary/aromatic N) is 2. The van der Waals surface area contributed by atoms with E-state index in [-0.39, 0.29) is 29.7 Å². The second kappa shape index (κ2) is 6.35.